The van der Waals surface area contributed by atoms with Crippen LogP contribution in [0.3, 0.4) is 0 Å². The molecule has 0 radical (unpaired) electrons. The summed E-state index contributed by atoms with van der Waals surface area (Å²) in [6, 6.07) is 0. The zero-order chi connectivity index (χ0) is 11.6. The predicted molar refractivity (Wildman–Crippen MR) is 76.2 cm³/mol. The topological polar surface area (TPSA) is 0 Å². The van der Waals surface area contributed by atoms with Crippen molar-refractivity contribution in [1.29, 1.82) is 0 Å². The monoisotopic (exact) mass is 292 g/mol. The Morgan fingerprint density at radius 3 is 2.12 bits per heavy atom. The van der Waals surface area contributed by atoms with Crippen molar-refractivity contribution in [2.24, 2.45) is 35.0 Å². The largest absolute Gasteiger partial charge is 0.109 e. The van der Waals surface area contributed by atoms with Crippen molar-refractivity contribution in [3.8, 4) is 0 Å². The minimum Gasteiger partial charge on any atom is -0.0853 e. The maximum Gasteiger partial charge on any atom is 0.109 e. The van der Waals surface area contributed by atoms with Gasteiger partial charge in [-0.3, -0.25) is 0 Å². The average molecular weight is 293 g/mol. The summed E-state index contributed by atoms with van der Waals surface area (Å²) in [5, 5.41) is 0.746. The van der Waals surface area contributed by atoms with Gasteiger partial charge in [0.15, 0.2) is 0 Å². The van der Waals surface area contributed by atoms with E-state index >= 15 is 0 Å². The van der Waals surface area contributed by atoms with Crippen molar-refractivity contribution in [1.82, 2.24) is 0 Å². The van der Waals surface area contributed by atoms with Gasteiger partial charge in [-0.15, -0.1) is 0 Å². The van der Waals surface area contributed by atoms with E-state index in [9.17, 15) is 0 Å². The zero-order valence-electron chi connectivity index (χ0n) is 11.0. The molecule has 0 heterocycles. The average Bonchev–Trinajstić information content (AvgIpc) is 2.23. The van der Waals surface area contributed by atoms with Crippen LogP contribution >= 0.6 is 15.9 Å². The second-order valence-corrected chi connectivity index (χ2v) is 10.6. The molecule has 92 valence electrons. The number of rotatable bonds is 0. The highest BCUT2D eigenvalue weighted by Gasteiger charge is 2.72. The van der Waals surface area contributed by atoms with Gasteiger partial charge in [0.25, 0.3) is 0 Å². The van der Waals surface area contributed by atoms with Crippen molar-refractivity contribution < 1.29 is 0 Å². The fourth-order valence-corrected chi connectivity index (χ4v) is 9.08. The lowest BCUT2D eigenvalue weighted by molar-refractivity contribution is -0.235. The van der Waals surface area contributed by atoms with Crippen LogP contribution in [0.4, 0.5) is 0 Å². The van der Waals surface area contributed by atoms with Crippen LogP contribution < -0.4 is 0 Å². The lowest BCUT2D eigenvalue weighted by atomic mass is 9.26. The lowest BCUT2D eigenvalue weighted by Crippen LogP contribution is -2.70. The number of hydrogen-bond donors (Lipinski definition) is 0. The number of alkyl halides is 1. The van der Waals surface area contributed by atoms with Gasteiger partial charge in [-0.2, -0.15) is 0 Å². The Labute approximate surface area is 114 Å². The molecule has 0 aliphatic heterocycles. The summed E-state index contributed by atoms with van der Waals surface area (Å²) in [5.41, 5.74) is 0.714. The molecule has 2 heteroatoms. The molecule has 0 spiro atoms. The summed E-state index contributed by atoms with van der Waals surface area (Å²) >= 11 is 4.16. The molecule has 7 rings (SSSR count). The molecule has 8 bridgehead atoms. The highest BCUT2D eigenvalue weighted by Crippen LogP contribution is 2.81. The van der Waals surface area contributed by atoms with Gasteiger partial charge in [0.2, 0.25) is 0 Å². The third-order valence-electron chi connectivity index (χ3n) is 7.88. The van der Waals surface area contributed by atoms with Crippen LogP contribution in [0.1, 0.15) is 45.4 Å². The van der Waals surface area contributed by atoms with E-state index < -0.39 is 0 Å². The first-order valence-corrected chi connectivity index (χ1v) is 8.41. The smallest absolute Gasteiger partial charge is 0.0853 e. The van der Waals surface area contributed by atoms with Gasteiger partial charge in [0, 0.05) is 4.32 Å². The summed E-state index contributed by atoms with van der Waals surface area (Å²) < 4.78 is 0.561. The zero-order valence-corrected chi connectivity index (χ0v) is 12.6. The van der Waals surface area contributed by atoms with E-state index in [1.54, 1.807) is 19.3 Å². The van der Waals surface area contributed by atoms with Crippen LogP contribution in [0.2, 0.25) is 5.31 Å². The number of halogens is 1. The minimum absolute atomic E-state index is 0.561. The quantitative estimate of drug-likeness (QED) is 0.474. The van der Waals surface area contributed by atoms with Gasteiger partial charge in [-0.25, -0.2) is 0 Å². The molecule has 0 aromatic carbocycles. The molecule has 0 nitrogen and oxygen atoms in total. The lowest BCUT2D eigenvalue weighted by Gasteiger charge is -2.77. The van der Waals surface area contributed by atoms with E-state index in [0.29, 0.717) is 9.74 Å². The summed E-state index contributed by atoms with van der Waals surface area (Å²) in [7, 11) is 2.61. The van der Waals surface area contributed by atoms with Crippen molar-refractivity contribution in [2.45, 2.75) is 55.1 Å². The minimum atomic E-state index is 0.561. The Bertz CT molecular complexity index is 393. The molecule has 4 atom stereocenters. The maximum atomic E-state index is 4.16. The van der Waals surface area contributed by atoms with Crippen molar-refractivity contribution in [2.75, 3.05) is 0 Å². The van der Waals surface area contributed by atoms with Gasteiger partial charge in [-0.05, 0) is 54.3 Å². The molecular weight excluding hydrogens is 271 g/mol. The highest BCUT2D eigenvalue weighted by molar-refractivity contribution is 9.10. The molecule has 0 amide bonds. The summed E-state index contributed by atoms with van der Waals surface area (Å²) in [6.45, 7) is 2.66. The highest BCUT2D eigenvalue weighted by atomic mass is 79.9. The van der Waals surface area contributed by atoms with Crippen LogP contribution in [0.25, 0.3) is 0 Å². The Balaban J connectivity index is 1.72. The molecule has 0 aromatic rings. The molecule has 0 aromatic heterocycles. The predicted octanol–water partition coefficient (Wildman–Crippen LogP) is 3.41. The van der Waals surface area contributed by atoms with Crippen LogP contribution in [0.5, 0.6) is 0 Å². The first-order chi connectivity index (χ1) is 7.93. The summed E-state index contributed by atoms with van der Waals surface area (Å²) in [4.78, 5) is 0. The fraction of sp³-hybridized carbons (Fsp3) is 1.00. The molecule has 0 N–H and O–H groups in total. The third-order valence-corrected chi connectivity index (χ3v) is 8.81. The Hall–Kier alpha value is 0.545. The van der Waals surface area contributed by atoms with E-state index in [1.165, 1.54) is 19.3 Å². The first-order valence-electron chi connectivity index (χ1n) is 7.62. The second kappa shape index (κ2) is 2.56. The normalized spacial score (nSPS) is 74.6. The van der Waals surface area contributed by atoms with Gasteiger partial charge >= 0.3 is 0 Å². The molecule has 7 fully saturated rings. The first kappa shape index (κ1) is 10.3. The van der Waals surface area contributed by atoms with Gasteiger partial charge in [0.1, 0.15) is 7.85 Å². The van der Waals surface area contributed by atoms with Crippen molar-refractivity contribution in [3.63, 3.8) is 0 Å². The second-order valence-electron chi connectivity index (χ2n) is 8.87. The summed E-state index contributed by atoms with van der Waals surface area (Å²) in [5.74, 6) is 5.49. The molecule has 0 saturated heterocycles. The third kappa shape index (κ3) is 0.987. The van der Waals surface area contributed by atoms with Crippen LogP contribution in [0, 0.1) is 35.0 Å². The van der Waals surface area contributed by atoms with Crippen LogP contribution in [-0.2, 0) is 0 Å². The van der Waals surface area contributed by atoms with E-state index in [-0.39, 0.29) is 0 Å². The van der Waals surface area contributed by atoms with E-state index in [1.807, 2.05) is 0 Å². The van der Waals surface area contributed by atoms with Gasteiger partial charge in [0.05, 0.1) is 0 Å². The molecule has 7 aliphatic carbocycles. The molecular formula is C15H22BBr. The van der Waals surface area contributed by atoms with Crippen LogP contribution in [0.15, 0.2) is 0 Å². The van der Waals surface area contributed by atoms with Crippen LogP contribution in [-0.4, -0.2) is 12.2 Å². The number of hydrogen-bond acceptors (Lipinski definition) is 0. The standard InChI is InChI=1S/C15H22BBr/c1-13-7-15(17)3-9-8-2-14(16,5-11(9)13)6-12(13)10(8)4-15/h8-12H,2-7,16H2,1H3. The molecule has 7 aliphatic rings. The van der Waals surface area contributed by atoms with E-state index in [2.05, 4.69) is 30.7 Å². The van der Waals surface area contributed by atoms with Gasteiger partial charge in [-0.1, -0.05) is 47.4 Å². The van der Waals surface area contributed by atoms with Gasteiger partial charge < -0.3 is 0 Å². The Morgan fingerprint density at radius 1 is 0.941 bits per heavy atom. The maximum absolute atomic E-state index is 4.16. The van der Waals surface area contributed by atoms with E-state index in [0.717, 1.165) is 34.9 Å². The van der Waals surface area contributed by atoms with Crippen molar-refractivity contribution >= 4 is 23.8 Å². The Kier molecular flexibility index (Phi) is 1.56. The van der Waals surface area contributed by atoms with E-state index in [4.69, 9.17) is 0 Å². The SMILES string of the molecule is BC12CC3C4CC5(Br)CC3C(C1)C(C)(C5)C4C2. The molecule has 4 unspecified atom stereocenters. The Morgan fingerprint density at radius 2 is 1.53 bits per heavy atom. The van der Waals surface area contributed by atoms with Crippen molar-refractivity contribution in [3.05, 3.63) is 0 Å². The fourth-order valence-electron chi connectivity index (χ4n) is 7.72. The summed E-state index contributed by atoms with van der Waals surface area (Å²) in [6.07, 6.45) is 9.22. The molecule has 17 heavy (non-hydrogen) atoms. The molecule has 7 saturated carbocycles.